The molecule has 0 fully saturated rings. The van der Waals surface area contributed by atoms with E-state index in [1.165, 1.54) is 5.39 Å². The van der Waals surface area contributed by atoms with Crippen molar-refractivity contribution in [2.24, 2.45) is 0 Å². The number of nitrogens with zero attached hydrogens (tertiary/aromatic N) is 3. The molecular weight excluding hydrogens is 490 g/mol. The Hall–Kier alpha value is -5.66. The Balaban J connectivity index is 1.42. The third-order valence-electron chi connectivity index (χ3n) is 7.71. The summed E-state index contributed by atoms with van der Waals surface area (Å²) < 4.78 is 8.90. The van der Waals surface area contributed by atoms with Gasteiger partial charge in [-0.15, -0.1) is 0 Å². The first-order valence-electron chi connectivity index (χ1n) is 13.2. The maximum atomic E-state index is 9.15. The first-order valence-corrected chi connectivity index (χ1v) is 13.2. The third-order valence-corrected chi connectivity index (χ3v) is 7.71. The lowest BCUT2D eigenvalue weighted by Gasteiger charge is -2.15. The van der Waals surface area contributed by atoms with Gasteiger partial charge in [-0.25, -0.2) is 4.98 Å². The van der Waals surface area contributed by atoms with E-state index in [-0.39, 0.29) is 0 Å². The van der Waals surface area contributed by atoms with E-state index >= 15 is 0 Å². The summed E-state index contributed by atoms with van der Waals surface area (Å²) in [5.41, 5.74) is 9.69. The molecule has 0 radical (unpaired) electrons. The molecule has 3 aromatic heterocycles. The Labute approximate surface area is 230 Å². The molecule has 8 aromatic rings. The van der Waals surface area contributed by atoms with Crippen LogP contribution >= 0.6 is 0 Å². The van der Waals surface area contributed by atoms with Crippen LogP contribution in [0.5, 0.6) is 0 Å². The Morgan fingerprint density at radius 2 is 1.40 bits per heavy atom. The molecule has 4 nitrogen and oxygen atoms in total. The lowest BCUT2D eigenvalue weighted by Crippen LogP contribution is -1.97. The van der Waals surface area contributed by atoms with Gasteiger partial charge in [0.25, 0.3) is 0 Å². The molecule has 0 atom stereocenters. The second-order valence-electron chi connectivity index (χ2n) is 9.93. The average molecular weight is 512 g/mol. The molecule has 0 unspecified atom stereocenters. The van der Waals surface area contributed by atoms with Crippen LogP contribution in [-0.4, -0.2) is 9.55 Å². The van der Waals surface area contributed by atoms with Crippen molar-refractivity contribution in [1.82, 2.24) is 9.55 Å². The van der Waals surface area contributed by atoms with E-state index in [0.717, 1.165) is 66.3 Å². The minimum atomic E-state index is 0.411. The van der Waals surface area contributed by atoms with Crippen LogP contribution in [-0.2, 0) is 0 Å². The van der Waals surface area contributed by atoms with Crippen LogP contribution in [0.25, 0.3) is 71.7 Å². The molecule has 0 saturated carbocycles. The van der Waals surface area contributed by atoms with Gasteiger partial charge in [-0.05, 0) is 53.6 Å². The molecule has 0 aliphatic carbocycles. The zero-order chi connectivity index (χ0) is 26.6. The van der Waals surface area contributed by atoms with Crippen molar-refractivity contribution in [2.75, 3.05) is 0 Å². The molecule has 0 amide bonds. The number of nitriles is 1. The largest absolute Gasteiger partial charge is 0.454 e. The van der Waals surface area contributed by atoms with Gasteiger partial charge in [0.05, 0.1) is 16.7 Å². The van der Waals surface area contributed by atoms with Gasteiger partial charge in [0.2, 0.25) is 0 Å². The van der Waals surface area contributed by atoms with Crippen molar-refractivity contribution in [3.8, 4) is 34.0 Å². The topological polar surface area (TPSA) is 54.8 Å². The van der Waals surface area contributed by atoms with Gasteiger partial charge < -0.3 is 8.98 Å². The van der Waals surface area contributed by atoms with Gasteiger partial charge in [0, 0.05) is 38.9 Å². The van der Waals surface area contributed by atoms with Gasteiger partial charge in [-0.3, -0.25) is 0 Å². The first kappa shape index (κ1) is 22.3. The van der Waals surface area contributed by atoms with Crippen molar-refractivity contribution in [1.29, 1.82) is 5.26 Å². The van der Waals surface area contributed by atoms with E-state index in [1.807, 2.05) is 18.2 Å². The maximum Gasteiger partial charge on any atom is 0.160 e. The number of fused-ring (bicyclic) bond motifs is 7. The number of aromatic nitrogens is 2. The summed E-state index contributed by atoms with van der Waals surface area (Å²) in [6.45, 7) is 0. The molecule has 5 aromatic carbocycles. The summed E-state index contributed by atoms with van der Waals surface area (Å²) in [7, 11) is 0. The van der Waals surface area contributed by atoms with Gasteiger partial charge in [-0.1, -0.05) is 78.9 Å². The molecule has 4 heteroatoms. The third kappa shape index (κ3) is 3.28. The highest BCUT2D eigenvalue weighted by molar-refractivity contribution is 6.21. The smallest absolute Gasteiger partial charge is 0.160 e. The van der Waals surface area contributed by atoms with Crippen LogP contribution in [0.3, 0.4) is 0 Å². The molecule has 186 valence electrons. The van der Waals surface area contributed by atoms with E-state index < -0.39 is 0 Å². The van der Waals surface area contributed by atoms with Crippen LogP contribution in [0.4, 0.5) is 0 Å². The summed E-state index contributed by atoms with van der Waals surface area (Å²) in [5, 5.41) is 13.7. The Morgan fingerprint density at radius 3 is 2.27 bits per heavy atom. The molecule has 3 heterocycles. The van der Waals surface area contributed by atoms with Crippen molar-refractivity contribution < 1.29 is 4.42 Å². The Bertz CT molecular complexity index is 2280. The summed E-state index contributed by atoms with van der Waals surface area (Å²) in [5.74, 6) is 0. The molecule has 0 N–H and O–H groups in total. The van der Waals surface area contributed by atoms with Crippen molar-refractivity contribution in [3.05, 3.63) is 133 Å². The number of hydrogen-bond donors (Lipinski definition) is 0. The number of rotatable bonds is 3. The van der Waals surface area contributed by atoms with Gasteiger partial charge >= 0.3 is 0 Å². The molecule has 0 bridgehead atoms. The molecule has 0 spiro atoms. The van der Waals surface area contributed by atoms with Crippen LogP contribution in [0.15, 0.2) is 132 Å². The number of benzene rings is 5. The Morgan fingerprint density at radius 1 is 0.625 bits per heavy atom. The van der Waals surface area contributed by atoms with Crippen molar-refractivity contribution in [3.63, 3.8) is 0 Å². The van der Waals surface area contributed by atoms with Gasteiger partial charge in [-0.2, -0.15) is 5.26 Å². The van der Waals surface area contributed by atoms with E-state index in [4.69, 9.17) is 9.68 Å². The minimum absolute atomic E-state index is 0.411. The predicted octanol–water partition coefficient (Wildman–Crippen LogP) is 9.28. The monoisotopic (exact) mass is 511 g/mol. The predicted molar refractivity (Wildman–Crippen MR) is 161 cm³/mol. The minimum Gasteiger partial charge on any atom is -0.454 e. The fourth-order valence-corrected chi connectivity index (χ4v) is 5.89. The number of hydrogen-bond acceptors (Lipinski definition) is 3. The van der Waals surface area contributed by atoms with Gasteiger partial charge in [0.1, 0.15) is 17.3 Å². The fourth-order valence-electron chi connectivity index (χ4n) is 5.89. The summed E-state index contributed by atoms with van der Waals surface area (Å²) >= 11 is 0. The van der Waals surface area contributed by atoms with E-state index in [2.05, 4.69) is 113 Å². The highest BCUT2D eigenvalue weighted by Gasteiger charge is 2.20. The summed E-state index contributed by atoms with van der Waals surface area (Å²) in [6, 6.07) is 44.0. The highest BCUT2D eigenvalue weighted by Crippen LogP contribution is 2.42. The maximum absolute atomic E-state index is 9.15. The first-order chi connectivity index (χ1) is 19.8. The van der Waals surface area contributed by atoms with Gasteiger partial charge in [0.15, 0.2) is 5.58 Å². The molecule has 40 heavy (non-hydrogen) atoms. The standard InChI is InChI=1S/C36H21N3O/c37-21-26-17-16-25(22-38-26)23-8-7-9-24(20-23)27-10-1-4-13-32(27)39-33-14-5-2-11-28(33)30-18-19-31-29-12-3-6-15-34(29)40-36(31)35(30)39/h1-20,22H. The molecule has 0 aliphatic rings. The van der Waals surface area contributed by atoms with Crippen LogP contribution < -0.4 is 0 Å². The lowest BCUT2D eigenvalue weighted by atomic mass is 9.98. The molecular formula is C36H21N3O. The van der Waals surface area contributed by atoms with E-state index in [9.17, 15) is 0 Å². The SMILES string of the molecule is N#Cc1ccc(-c2cccc(-c3ccccc3-n3c4ccccc4c4ccc5c6ccccc6oc5c43)c2)cn1. The van der Waals surface area contributed by atoms with Crippen molar-refractivity contribution in [2.45, 2.75) is 0 Å². The Kier molecular flexibility index (Phi) is 4.85. The van der Waals surface area contributed by atoms with Crippen LogP contribution in [0.1, 0.15) is 5.69 Å². The highest BCUT2D eigenvalue weighted by atomic mass is 16.3. The van der Waals surface area contributed by atoms with Crippen molar-refractivity contribution >= 4 is 43.7 Å². The van der Waals surface area contributed by atoms with Crippen LogP contribution in [0.2, 0.25) is 0 Å². The molecule has 0 aliphatic heterocycles. The number of para-hydroxylation sites is 3. The second-order valence-corrected chi connectivity index (χ2v) is 9.93. The van der Waals surface area contributed by atoms with Crippen LogP contribution in [0, 0.1) is 11.3 Å². The summed E-state index contributed by atoms with van der Waals surface area (Å²) in [6.07, 6.45) is 1.76. The van der Waals surface area contributed by atoms with E-state index in [0.29, 0.717) is 5.69 Å². The zero-order valence-corrected chi connectivity index (χ0v) is 21.4. The quantitative estimate of drug-likeness (QED) is 0.237. The normalized spacial score (nSPS) is 11.5. The lowest BCUT2D eigenvalue weighted by molar-refractivity contribution is 0.671. The number of pyridine rings is 1. The summed E-state index contributed by atoms with van der Waals surface area (Å²) in [4.78, 5) is 4.27. The average Bonchev–Trinajstić information content (AvgIpc) is 3.57. The molecule has 8 rings (SSSR count). The molecule has 0 saturated heterocycles. The number of furan rings is 1. The van der Waals surface area contributed by atoms with E-state index in [1.54, 1.807) is 12.3 Å². The zero-order valence-electron chi connectivity index (χ0n) is 21.4. The fraction of sp³-hybridized carbons (Fsp3) is 0. The second kappa shape index (κ2) is 8.69.